The average molecular weight is 262 g/mol. The summed E-state index contributed by atoms with van der Waals surface area (Å²) in [6.45, 7) is 1.88. The Morgan fingerprint density at radius 2 is 1.94 bits per heavy atom. The monoisotopic (exact) mass is 261 g/mol. The number of rotatable bonds is 2. The fraction of sp³-hybridized carbons (Fsp3) is 0.0714. The second-order valence-electron chi connectivity index (χ2n) is 3.79. The first-order valence-electron chi connectivity index (χ1n) is 5.45. The number of nitrogens with one attached hydrogen (secondary N) is 1. The first-order valence-corrected chi connectivity index (χ1v) is 5.83. The van der Waals surface area contributed by atoms with E-state index in [1.807, 2.05) is 25.1 Å². The van der Waals surface area contributed by atoms with Crippen molar-refractivity contribution in [3.63, 3.8) is 0 Å². The summed E-state index contributed by atoms with van der Waals surface area (Å²) in [5, 5.41) is 3.17. The first kappa shape index (κ1) is 12.5. The number of ether oxygens (including phenoxy) is 1. The van der Waals surface area contributed by atoms with Crippen LogP contribution in [0.25, 0.3) is 0 Å². The molecule has 92 valence electrons. The van der Waals surface area contributed by atoms with Crippen LogP contribution in [-0.2, 0) is 0 Å². The lowest BCUT2D eigenvalue weighted by Gasteiger charge is -2.08. The van der Waals surface area contributed by atoms with Crippen molar-refractivity contribution in [3.8, 4) is 5.75 Å². The van der Waals surface area contributed by atoms with E-state index in [4.69, 9.17) is 16.3 Å². The van der Waals surface area contributed by atoms with Gasteiger partial charge in [0.05, 0.1) is 0 Å². The Balaban J connectivity index is 2.03. The molecule has 3 nitrogen and oxygen atoms in total. The Hall–Kier alpha value is -2.00. The highest BCUT2D eigenvalue weighted by Gasteiger charge is 2.06. The van der Waals surface area contributed by atoms with Crippen LogP contribution in [0.1, 0.15) is 5.56 Å². The summed E-state index contributed by atoms with van der Waals surface area (Å²) in [7, 11) is 0. The molecule has 0 fully saturated rings. The highest BCUT2D eigenvalue weighted by atomic mass is 35.5. The van der Waals surface area contributed by atoms with Gasteiger partial charge >= 0.3 is 6.09 Å². The molecule has 0 aromatic heterocycles. The van der Waals surface area contributed by atoms with E-state index < -0.39 is 6.09 Å². The van der Waals surface area contributed by atoms with Gasteiger partial charge < -0.3 is 4.74 Å². The molecular formula is C14H12ClNO2. The Bertz CT molecular complexity index is 569. The number of carbonyl (C=O) groups is 1. The predicted molar refractivity (Wildman–Crippen MR) is 72.3 cm³/mol. The Morgan fingerprint density at radius 1 is 1.17 bits per heavy atom. The van der Waals surface area contributed by atoms with Gasteiger partial charge in [-0.05, 0) is 36.8 Å². The molecule has 0 saturated carbocycles. The van der Waals surface area contributed by atoms with Gasteiger partial charge in [-0.2, -0.15) is 0 Å². The zero-order chi connectivity index (χ0) is 13.0. The van der Waals surface area contributed by atoms with E-state index >= 15 is 0 Å². The van der Waals surface area contributed by atoms with Crippen molar-refractivity contribution >= 4 is 23.4 Å². The Kier molecular flexibility index (Phi) is 3.85. The van der Waals surface area contributed by atoms with Crippen LogP contribution in [0.15, 0.2) is 48.5 Å². The molecule has 18 heavy (non-hydrogen) atoms. The summed E-state index contributed by atoms with van der Waals surface area (Å²) in [5.41, 5.74) is 1.50. The zero-order valence-electron chi connectivity index (χ0n) is 9.81. The van der Waals surface area contributed by atoms with Gasteiger partial charge in [-0.15, -0.1) is 0 Å². The third-order valence-electron chi connectivity index (χ3n) is 2.37. The molecule has 0 bridgehead atoms. The molecule has 2 rings (SSSR count). The van der Waals surface area contributed by atoms with Gasteiger partial charge in [-0.25, -0.2) is 4.79 Å². The van der Waals surface area contributed by atoms with E-state index in [1.54, 1.807) is 30.3 Å². The zero-order valence-corrected chi connectivity index (χ0v) is 10.6. The highest BCUT2D eigenvalue weighted by Crippen LogP contribution is 2.18. The van der Waals surface area contributed by atoms with Crippen LogP contribution in [0.5, 0.6) is 5.75 Å². The number of carbonyl (C=O) groups excluding carboxylic acids is 1. The topological polar surface area (TPSA) is 38.3 Å². The number of hydrogen-bond donors (Lipinski definition) is 1. The van der Waals surface area contributed by atoms with E-state index in [1.165, 1.54) is 0 Å². The van der Waals surface area contributed by atoms with Gasteiger partial charge in [-0.1, -0.05) is 35.9 Å². The second-order valence-corrected chi connectivity index (χ2v) is 4.23. The molecule has 0 saturated heterocycles. The Labute approximate surface area is 110 Å². The molecule has 0 atom stereocenters. The smallest absolute Gasteiger partial charge is 0.410 e. The Morgan fingerprint density at radius 3 is 2.67 bits per heavy atom. The van der Waals surface area contributed by atoms with Crippen molar-refractivity contribution in [3.05, 3.63) is 59.1 Å². The summed E-state index contributed by atoms with van der Waals surface area (Å²) in [5.74, 6) is 0.539. The summed E-state index contributed by atoms with van der Waals surface area (Å²) in [4.78, 5) is 11.7. The molecule has 1 N–H and O–H groups in total. The van der Waals surface area contributed by atoms with Crippen molar-refractivity contribution in [2.24, 2.45) is 0 Å². The van der Waals surface area contributed by atoms with E-state index in [0.717, 1.165) is 5.56 Å². The van der Waals surface area contributed by atoms with Gasteiger partial charge in [-0.3, -0.25) is 5.32 Å². The molecule has 0 aliphatic rings. The van der Waals surface area contributed by atoms with Crippen molar-refractivity contribution in [2.75, 3.05) is 5.32 Å². The fourth-order valence-electron chi connectivity index (χ4n) is 1.48. The number of halogens is 1. The highest BCUT2D eigenvalue weighted by molar-refractivity contribution is 6.30. The number of amides is 1. The normalized spacial score (nSPS) is 9.89. The second kappa shape index (κ2) is 5.56. The number of para-hydroxylation sites is 1. The van der Waals surface area contributed by atoms with Crippen molar-refractivity contribution in [1.29, 1.82) is 0 Å². The van der Waals surface area contributed by atoms with E-state index in [9.17, 15) is 4.79 Å². The van der Waals surface area contributed by atoms with Crippen LogP contribution in [0.4, 0.5) is 10.5 Å². The molecule has 4 heteroatoms. The van der Waals surface area contributed by atoms with Crippen LogP contribution < -0.4 is 10.1 Å². The SMILES string of the molecule is Cc1ccccc1OC(=O)Nc1cccc(Cl)c1. The molecule has 2 aromatic carbocycles. The average Bonchev–Trinajstić information content (AvgIpc) is 2.32. The van der Waals surface area contributed by atoms with Gasteiger partial charge in [0, 0.05) is 10.7 Å². The number of benzene rings is 2. The van der Waals surface area contributed by atoms with Gasteiger partial charge in [0.1, 0.15) is 5.75 Å². The quantitative estimate of drug-likeness (QED) is 0.877. The summed E-state index contributed by atoms with van der Waals surface area (Å²) in [6, 6.07) is 14.2. The molecule has 0 aliphatic carbocycles. The molecule has 0 unspecified atom stereocenters. The summed E-state index contributed by atoms with van der Waals surface area (Å²) >= 11 is 5.82. The number of anilines is 1. The van der Waals surface area contributed by atoms with Crippen LogP contribution in [-0.4, -0.2) is 6.09 Å². The number of hydrogen-bond acceptors (Lipinski definition) is 2. The lowest BCUT2D eigenvalue weighted by molar-refractivity contribution is 0.215. The maximum Gasteiger partial charge on any atom is 0.417 e. The van der Waals surface area contributed by atoms with Crippen LogP contribution in [0.3, 0.4) is 0 Å². The molecule has 0 radical (unpaired) electrons. The van der Waals surface area contributed by atoms with Gasteiger partial charge in [0.2, 0.25) is 0 Å². The molecular weight excluding hydrogens is 250 g/mol. The van der Waals surface area contributed by atoms with E-state index in [2.05, 4.69) is 5.32 Å². The third kappa shape index (κ3) is 3.25. The summed E-state index contributed by atoms with van der Waals surface area (Å²) < 4.78 is 5.20. The van der Waals surface area contributed by atoms with Crippen LogP contribution in [0.2, 0.25) is 5.02 Å². The standard InChI is InChI=1S/C14H12ClNO2/c1-10-5-2-3-8-13(10)18-14(17)16-12-7-4-6-11(15)9-12/h2-9H,1H3,(H,16,17). The lowest BCUT2D eigenvalue weighted by Crippen LogP contribution is -2.17. The van der Waals surface area contributed by atoms with Crippen molar-refractivity contribution < 1.29 is 9.53 Å². The minimum Gasteiger partial charge on any atom is -0.410 e. The van der Waals surface area contributed by atoms with E-state index in [-0.39, 0.29) is 0 Å². The molecule has 0 spiro atoms. The number of aryl methyl sites for hydroxylation is 1. The van der Waals surface area contributed by atoms with Gasteiger partial charge in [0.25, 0.3) is 0 Å². The molecule has 1 amide bonds. The fourth-order valence-corrected chi connectivity index (χ4v) is 1.67. The van der Waals surface area contributed by atoms with Crippen molar-refractivity contribution in [2.45, 2.75) is 6.92 Å². The molecule has 0 aliphatic heterocycles. The maximum atomic E-state index is 11.7. The third-order valence-corrected chi connectivity index (χ3v) is 2.60. The van der Waals surface area contributed by atoms with Crippen molar-refractivity contribution in [1.82, 2.24) is 0 Å². The predicted octanol–water partition coefficient (Wildman–Crippen LogP) is 4.26. The van der Waals surface area contributed by atoms with Crippen LogP contribution in [0, 0.1) is 6.92 Å². The van der Waals surface area contributed by atoms with Gasteiger partial charge in [0.15, 0.2) is 0 Å². The summed E-state index contributed by atoms with van der Waals surface area (Å²) in [6.07, 6.45) is -0.536. The van der Waals surface area contributed by atoms with E-state index in [0.29, 0.717) is 16.5 Å². The maximum absolute atomic E-state index is 11.7. The lowest BCUT2D eigenvalue weighted by atomic mass is 10.2. The minimum atomic E-state index is -0.536. The minimum absolute atomic E-state index is 0.536. The largest absolute Gasteiger partial charge is 0.417 e. The van der Waals surface area contributed by atoms with Crippen LogP contribution >= 0.6 is 11.6 Å². The molecule has 0 heterocycles. The first-order chi connectivity index (χ1) is 8.65. The molecule has 2 aromatic rings.